The fraction of sp³-hybridized carbons (Fsp3) is 0.241. The maximum absolute atomic E-state index is 14.0. The van der Waals surface area contributed by atoms with Crippen molar-refractivity contribution in [3.8, 4) is 0 Å². The molecule has 0 spiro atoms. The van der Waals surface area contributed by atoms with Crippen LogP contribution in [0.2, 0.25) is 0 Å². The van der Waals surface area contributed by atoms with Gasteiger partial charge < -0.3 is 4.90 Å². The first-order chi connectivity index (χ1) is 15.9. The molecule has 5 rings (SSSR count). The lowest BCUT2D eigenvalue weighted by Gasteiger charge is -2.32. The Bertz CT molecular complexity index is 1340. The minimum atomic E-state index is -0.260. The fourth-order valence-corrected chi connectivity index (χ4v) is 4.79. The Labute approximate surface area is 195 Å². The third kappa shape index (κ3) is 3.46. The third-order valence-corrected chi connectivity index (χ3v) is 6.98. The predicted molar refractivity (Wildman–Crippen MR) is 133 cm³/mol. The Balaban J connectivity index is 1.71. The van der Waals surface area contributed by atoms with E-state index in [0.29, 0.717) is 23.5 Å². The van der Waals surface area contributed by atoms with Crippen LogP contribution in [0, 0.1) is 27.7 Å². The summed E-state index contributed by atoms with van der Waals surface area (Å²) in [5, 5.41) is 0. The van der Waals surface area contributed by atoms with Gasteiger partial charge in [0.25, 0.3) is 11.8 Å². The van der Waals surface area contributed by atoms with Crippen molar-refractivity contribution in [2.24, 2.45) is 0 Å². The first-order valence-electron chi connectivity index (χ1n) is 11.5. The van der Waals surface area contributed by atoms with Gasteiger partial charge >= 0.3 is 0 Å². The van der Waals surface area contributed by atoms with Crippen LogP contribution in [0.25, 0.3) is 5.57 Å². The van der Waals surface area contributed by atoms with Crippen molar-refractivity contribution >= 4 is 28.8 Å². The summed E-state index contributed by atoms with van der Waals surface area (Å²) < 4.78 is 0. The molecule has 0 aromatic heterocycles. The molecule has 4 nitrogen and oxygen atoms in total. The second-order valence-corrected chi connectivity index (χ2v) is 9.12. The van der Waals surface area contributed by atoms with Gasteiger partial charge in [-0.1, -0.05) is 42.5 Å². The van der Waals surface area contributed by atoms with E-state index < -0.39 is 0 Å². The summed E-state index contributed by atoms with van der Waals surface area (Å²) in [5.41, 5.74) is 9.05. The Morgan fingerprint density at radius 3 is 2.15 bits per heavy atom. The number of hydrogen-bond donors (Lipinski definition) is 0. The van der Waals surface area contributed by atoms with Gasteiger partial charge in [-0.15, -0.1) is 0 Å². The topological polar surface area (TPSA) is 40.6 Å². The molecule has 2 aliphatic rings. The zero-order chi connectivity index (χ0) is 23.3. The first-order valence-corrected chi connectivity index (χ1v) is 11.5. The van der Waals surface area contributed by atoms with Gasteiger partial charge in [-0.05, 0) is 92.1 Å². The summed E-state index contributed by atoms with van der Waals surface area (Å²) in [6, 6.07) is 20.0. The van der Waals surface area contributed by atoms with Crippen molar-refractivity contribution < 1.29 is 9.59 Å². The molecular formula is C29H28N2O2. The highest BCUT2D eigenvalue weighted by Gasteiger charge is 2.43. The SMILES string of the molecule is Cc1ccc(C2=C(N3CCCc4ccccc43)C(=O)N(c3ccc(C)c(C)c3)C2=O)cc1C. The maximum atomic E-state index is 14.0. The summed E-state index contributed by atoms with van der Waals surface area (Å²) >= 11 is 0. The Morgan fingerprint density at radius 2 is 1.42 bits per heavy atom. The normalized spacial score (nSPS) is 16.0. The molecule has 0 N–H and O–H groups in total. The molecule has 33 heavy (non-hydrogen) atoms. The van der Waals surface area contributed by atoms with Crippen LogP contribution in [0.1, 0.15) is 39.8 Å². The monoisotopic (exact) mass is 436 g/mol. The highest BCUT2D eigenvalue weighted by Crippen LogP contribution is 2.40. The summed E-state index contributed by atoms with van der Waals surface area (Å²) in [4.78, 5) is 31.3. The highest BCUT2D eigenvalue weighted by molar-refractivity contribution is 6.46. The van der Waals surface area contributed by atoms with E-state index in [4.69, 9.17) is 0 Å². The van der Waals surface area contributed by atoms with Crippen molar-refractivity contribution in [3.63, 3.8) is 0 Å². The number of aryl methyl sites for hydroxylation is 5. The molecule has 0 saturated heterocycles. The average molecular weight is 437 g/mol. The van der Waals surface area contributed by atoms with Crippen molar-refractivity contribution in [2.45, 2.75) is 40.5 Å². The van der Waals surface area contributed by atoms with Crippen LogP contribution >= 0.6 is 0 Å². The Kier molecular flexibility index (Phi) is 5.16. The van der Waals surface area contributed by atoms with Crippen molar-refractivity contribution in [2.75, 3.05) is 16.3 Å². The zero-order valence-corrected chi connectivity index (χ0v) is 19.6. The van der Waals surface area contributed by atoms with E-state index in [1.807, 2.05) is 69.3 Å². The van der Waals surface area contributed by atoms with Crippen molar-refractivity contribution in [3.05, 3.63) is 99.7 Å². The lowest BCUT2D eigenvalue weighted by atomic mass is 9.97. The second kappa shape index (κ2) is 8.04. The molecule has 166 valence electrons. The van der Waals surface area contributed by atoms with Crippen LogP contribution in [-0.4, -0.2) is 18.4 Å². The number of carbonyl (C=O) groups is 2. The Morgan fingerprint density at radius 1 is 0.727 bits per heavy atom. The standard InChI is InChI=1S/C29H28N2O2/c1-18-11-13-23(16-20(18)3)26-27(30-15-7-9-22-8-5-6-10-25(22)30)29(33)31(28(26)32)24-14-12-19(2)21(4)17-24/h5-6,8,10-14,16-17H,7,9,15H2,1-4H3. The second-order valence-electron chi connectivity index (χ2n) is 9.12. The van der Waals surface area contributed by atoms with Crippen LogP contribution < -0.4 is 9.80 Å². The number of benzene rings is 3. The van der Waals surface area contributed by atoms with E-state index in [0.717, 1.165) is 46.3 Å². The van der Waals surface area contributed by atoms with Gasteiger partial charge in [-0.25, -0.2) is 4.90 Å². The zero-order valence-electron chi connectivity index (χ0n) is 19.6. The average Bonchev–Trinajstić information content (AvgIpc) is 3.07. The molecule has 0 saturated carbocycles. The summed E-state index contributed by atoms with van der Waals surface area (Å²) in [7, 11) is 0. The lowest BCUT2D eigenvalue weighted by Crippen LogP contribution is -2.37. The molecule has 3 aromatic carbocycles. The number of imide groups is 1. The van der Waals surface area contributed by atoms with E-state index in [9.17, 15) is 9.59 Å². The van der Waals surface area contributed by atoms with Crippen LogP contribution in [0.15, 0.2) is 66.4 Å². The Hall–Kier alpha value is -3.66. The number of carbonyl (C=O) groups excluding carboxylic acids is 2. The summed E-state index contributed by atoms with van der Waals surface area (Å²) in [5.74, 6) is -0.516. The van der Waals surface area contributed by atoms with Crippen LogP contribution in [-0.2, 0) is 16.0 Å². The van der Waals surface area contributed by atoms with Crippen molar-refractivity contribution in [1.29, 1.82) is 0 Å². The van der Waals surface area contributed by atoms with Gasteiger partial charge in [0.2, 0.25) is 0 Å². The molecule has 2 heterocycles. The molecular weight excluding hydrogens is 408 g/mol. The fourth-order valence-electron chi connectivity index (χ4n) is 4.79. The van der Waals surface area contributed by atoms with E-state index >= 15 is 0 Å². The van der Waals surface area contributed by atoms with Gasteiger partial charge in [-0.2, -0.15) is 0 Å². The van der Waals surface area contributed by atoms with Gasteiger partial charge in [0.15, 0.2) is 0 Å². The van der Waals surface area contributed by atoms with Crippen LogP contribution in [0.4, 0.5) is 11.4 Å². The molecule has 4 heteroatoms. The minimum Gasteiger partial charge on any atom is -0.336 e. The van der Waals surface area contributed by atoms with Crippen molar-refractivity contribution in [1.82, 2.24) is 0 Å². The lowest BCUT2D eigenvalue weighted by molar-refractivity contribution is -0.120. The number of nitrogens with zero attached hydrogens (tertiary/aromatic N) is 2. The largest absolute Gasteiger partial charge is 0.336 e. The molecule has 0 fully saturated rings. The number of rotatable bonds is 3. The molecule has 2 amide bonds. The van der Waals surface area contributed by atoms with Gasteiger partial charge in [0.1, 0.15) is 5.70 Å². The van der Waals surface area contributed by atoms with Crippen LogP contribution in [0.3, 0.4) is 0 Å². The molecule has 0 radical (unpaired) electrons. The first kappa shape index (κ1) is 21.2. The molecule has 0 bridgehead atoms. The molecule has 0 atom stereocenters. The van der Waals surface area contributed by atoms with Gasteiger partial charge in [-0.3, -0.25) is 9.59 Å². The smallest absolute Gasteiger partial charge is 0.282 e. The van der Waals surface area contributed by atoms with Crippen LogP contribution in [0.5, 0.6) is 0 Å². The maximum Gasteiger partial charge on any atom is 0.282 e. The third-order valence-electron chi connectivity index (χ3n) is 6.98. The number of amides is 2. The van der Waals surface area contributed by atoms with E-state index in [2.05, 4.69) is 24.0 Å². The van der Waals surface area contributed by atoms with E-state index in [1.54, 1.807) is 0 Å². The quantitative estimate of drug-likeness (QED) is 0.498. The van der Waals surface area contributed by atoms with E-state index in [-0.39, 0.29) is 11.8 Å². The number of fused-ring (bicyclic) bond motifs is 1. The number of anilines is 2. The molecule has 0 aliphatic carbocycles. The number of para-hydroxylation sites is 1. The highest BCUT2D eigenvalue weighted by atomic mass is 16.2. The summed E-state index contributed by atoms with van der Waals surface area (Å²) in [6.45, 7) is 8.83. The van der Waals surface area contributed by atoms with Gasteiger partial charge in [0.05, 0.1) is 11.3 Å². The van der Waals surface area contributed by atoms with Gasteiger partial charge in [0, 0.05) is 12.2 Å². The minimum absolute atomic E-state index is 0.256. The molecule has 0 unspecified atom stereocenters. The predicted octanol–water partition coefficient (Wildman–Crippen LogP) is 5.66. The number of hydrogen-bond acceptors (Lipinski definition) is 3. The van der Waals surface area contributed by atoms with E-state index in [1.165, 1.54) is 10.5 Å². The molecule has 2 aliphatic heterocycles. The summed E-state index contributed by atoms with van der Waals surface area (Å²) in [6.07, 6.45) is 1.91. The molecule has 3 aromatic rings.